The fourth-order valence-corrected chi connectivity index (χ4v) is 4.83. The first kappa shape index (κ1) is 15.7. The summed E-state index contributed by atoms with van der Waals surface area (Å²) in [7, 11) is 0. The Labute approximate surface area is 123 Å². The van der Waals surface area contributed by atoms with Gasteiger partial charge in [-0.3, -0.25) is 0 Å². The first-order valence-corrected chi connectivity index (χ1v) is 9.06. The van der Waals surface area contributed by atoms with Crippen LogP contribution in [0.25, 0.3) is 0 Å². The van der Waals surface area contributed by atoms with Gasteiger partial charge in [-0.15, -0.1) is 0 Å². The third-order valence-electron chi connectivity index (χ3n) is 5.38. The van der Waals surface area contributed by atoms with Crippen LogP contribution in [0.4, 0.5) is 0 Å². The third-order valence-corrected chi connectivity index (χ3v) is 6.91. The van der Waals surface area contributed by atoms with Crippen LogP contribution >= 0.6 is 11.8 Å². The molecule has 1 saturated carbocycles. The molecule has 2 N–H and O–H groups in total. The van der Waals surface area contributed by atoms with E-state index in [1.165, 1.54) is 38.5 Å². The maximum Gasteiger partial charge on any atom is 0.0666 e. The van der Waals surface area contributed by atoms with Gasteiger partial charge in [-0.2, -0.15) is 11.8 Å². The van der Waals surface area contributed by atoms with Crippen LogP contribution in [0.2, 0.25) is 0 Å². The Balaban J connectivity index is 1.83. The fraction of sp³-hybridized carbons (Fsp3) is 1.00. The Kier molecular flexibility index (Phi) is 5.62. The van der Waals surface area contributed by atoms with Crippen LogP contribution in [0.5, 0.6) is 0 Å². The Morgan fingerprint density at radius 1 is 1.26 bits per heavy atom. The van der Waals surface area contributed by atoms with Gasteiger partial charge in [0.25, 0.3) is 0 Å². The Bertz CT molecular complexity index is 276. The molecule has 1 heterocycles. The first-order chi connectivity index (χ1) is 9.03. The SMILES string of the molecule is CCC(C)(C)C1CCC(N)C(SCC2CCCO2)C1. The van der Waals surface area contributed by atoms with Gasteiger partial charge in [-0.25, -0.2) is 0 Å². The summed E-state index contributed by atoms with van der Waals surface area (Å²) in [5.74, 6) is 2.00. The molecule has 0 amide bonds. The van der Waals surface area contributed by atoms with E-state index in [4.69, 9.17) is 10.5 Å². The number of hydrogen-bond acceptors (Lipinski definition) is 3. The van der Waals surface area contributed by atoms with Crippen LogP contribution in [0.3, 0.4) is 0 Å². The number of nitrogens with two attached hydrogens (primary N) is 1. The third kappa shape index (κ3) is 4.12. The predicted molar refractivity (Wildman–Crippen MR) is 84.6 cm³/mol. The van der Waals surface area contributed by atoms with Gasteiger partial charge < -0.3 is 10.5 Å². The van der Waals surface area contributed by atoms with E-state index in [0.29, 0.717) is 22.8 Å². The second-order valence-electron chi connectivity index (χ2n) is 7.02. The van der Waals surface area contributed by atoms with Gasteiger partial charge in [0.15, 0.2) is 0 Å². The van der Waals surface area contributed by atoms with Crippen molar-refractivity contribution >= 4 is 11.8 Å². The maximum absolute atomic E-state index is 6.35. The summed E-state index contributed by atoms with van der Waals surface area (Å²) >= 11 is 2.08. The molecule has 0 aromatic heterocycles. The van der Waals surface area contributed by atoms with Crippen LogP contribution < -0.4 is 5.73 Å². The smallest absolute Gasteiger partial charge is 0.0666 e. The van der Waals surface area contributed by atoms with Gasteiger partial charge in [-0.1, -0.05) is 27.2 Å². The molecule has 0 spiro atoms. The van der Waals surface area contributed by atoms with Gasteiger partial charge in [0.1, 0.15) is 0 Å². The minimum Gasteiger partial charge on any atom is -0.377 e. The lowest BCUT2D eigenvalue weighted by atomic mass is 9.69. The summed E-state index contributed by atoms with van der Waals surface area (Å²) in [6, 6.07) is 0.398. The van der Waals surface area contributed by atoms with Gasteiger partial charge in [-0.05, 0) is 43.4 Å². The van der Waals surface area contributed by atoms with Crippen molar-refractivity contribution in [1.29, 1.82) is 0 Å². The molecule has 0 bridgehead atoms. The number of rotatable bonds is 5. The molecule has 2 rings (SSSR count). The van der Waals surface area contributed by atoms with E-state index in [2.05, 4.69) is 32.5 Å². The van der Waals surface area contributed by atoms with E-state index in [0.717, 1.165) is 18.3 Å². The molecule has 0 aromatic rings. The molecule has 2 nitrogen and oxygen atoms in total. The Morgan fingerprint density at radius 2 is 2.05 bits per heavy atom. The monoisotopic (exact) mass is 285 g/mol. The molecule has 0 aromatic carbocycles. The standard InChI is InChI=1S/C16H31NOS/c1-4-16(2,3)12-7-8-14(17)15(10-12)19-11-13-6-5-9-18-13/h12-15H,4-11,17H2,1-3H3. The lowest BCUT2D eigenvalue weighted by molar-refractivity contribution is 0.128. The van der Waals surface area contributed by atoms with Crippen molar-refractivity contribution < 1.29 is 4.74 Å². The molecular weight excluding hydrogens is 254 g/mol. The number of hydrogen-bond donors (Lipinski definition) is 1. The number of thioether (sulfide) groups is 1. The molecule has 0 radical (unpaired) electrons. The molecular formula is C16H31NOS. The summed E-state index contributed by atoms with van der Waals surface area (Å²) in [5.41, 5.74) is 6.82. The van der Waals surface area contributed by atoms with Crippen LogP contribution in [0, 0.1) is 11.3 Å². The van der Waals surface area contributed by atoms with Crippen molar-refractivity contribution in [3.8, 4) is 0 Å². The van der Waals surface area contributed by atoms with Crippen molar-refractivity contribution in [2.75, 3.05) is 12.4 Å². The van der Waals surface area contributed by atoms with Crippen molar-refractivity contribution in [1.82, 2.24) is 0 Å². The van der Waals surface area contributed by atoms with Crippen LogP contribution in [0.1, 0.15) is 59.3 Å². The summed E-state index contributed by atoms with van der Waals surface area (Å²) < 4.78 is 5.73. The first-order valence-electron chi connectivity index (χ1n) is 8.01. The average Bonchev–Trinajstić information content (AvgIpc) is 2.90. The highest BCUT2D eigenvalue weighted by atomic mass is 32.2. The van der Waals surface area contributed by atoms with Gasteiger partial charge in [0.05, 0.1) is 6.10 Å². The Hall–Kier alpha value is 0.270. The van der Waals surface area contributed by atoms with Crippen LogP contribution in [-0.2, 0) is 4.74 Å². The van der Waals surface area contributed by atoms with Crippen molar-refractivity contribution in [3.05, 3.63) is 0 Å². The molecule has 1 aliphatic heterocycles. The quantitative estimate of drug-likeness (QED) is 0.834. The summed E-state index contributed by atoms with van der Waals surface area (Å²) in [6.45, 7) is 8.14. The second-order valence-corrected chi connectivity index (χ2v) is 8.29. The minimum atomic E-state index is 0.398. The van der Waals surface area contributed by atoms with E-state index in [-0.39, 0.29) is 0 Å². The van der Waals surface area contributed by atoms with Crippen molar-refractivity contribution in [2.45, 2.75) is 76.7 Å². The van der Waals surface area contributed by atoms with Gasteiger partial charge >= 0.3 is 0 Å². The molecule has 19 heavy (non-hydrogen) atoms. The lowest BCUT2D eigenvalue weighted by Crippen LogP contribution is -2.42. The van der Waals surface area contributed by atoms with E-state index < -0.39 is 0 Å². The van der Waals surface area contributed by atoms with E-state index >= 15 is 0 Å². The molecule has 4 atom stereocenters. The Morgan fingerprint density at radius 3 is 2.68 bits per heavy atom. The summed E-state index contributed by atoms with van der Waals surface area (Å²) in [6.07, 6.45) is 8.09. The lowest BCUT2D eigenvalue weighted by Gasteiger charge is -2.42. The molecule has 4 unspecified atom stereocenters. The fourth-order valence-electron chi connectivity index (χ4n) is 3.35. The number of ether oxygens (including phenoxy) is 1. The zero-order chi connectivity index (χ0) is 13.9. The zero-order valence-electron chi connectivity index (χ0n) is 12.9. The zero-order valence-corrected chi connectivity index (χ0v) is 13.7. The molecule has 1 aliphatic carbocycles. The van der Waals surface area contributed by atoms with E-state index in [1.54, 1.807) is 0 Å². The minimum absolute atomic E-state index is 0.398. The highest BCUT2D eigenvalue weighted by Gasteiger charge is 2.36. The highest BCUT2D eigenvalue weighted by molar-refractivity contribution is 8.00. The summed E-state index contributed by atoms with van der Waals surface area (Å²) in [5, 5.41) is 0.647. The normalized spacial score (nSPS) is 36.6. The average molecular weight is 285 g/mol. The molecule has 112 valence electrons. The molecule has 3 heteroatoms. The van der Waals surface area contributed by atoms with E-state index in [1.807, 2.05) is 0 Å². The highest BCUT2D eigenvalue weighted by Crippen LogP contribution is 2.43. The largest absolute Gasteiger partial charge is 0.377 e. The van der Waals surface area contributed by atoms with E-state index in [9.17, 15) is 0 Å². The molecule has 2 fully saturated rings. The van der Waals surface area contributed by atoms with Crippen LogP contribution in [0.15, 0.2) is 0 Å². The maximum atomic E-state index is 6.35. The predicted octanol–water partition coefficient (Wildman–Crippen LogP) is 3.83. The van der Waals surface area contributed by atoms with Gasteiger partial charge in [0, 0.05) is 23.7 Å². The van der Waals surface area contributed by atoms with Crippen molar-refractivity contribution in [2.24, 2.45) is 17.1 Å². The summed E-state index contributed by atoms with van der Waals surface area (Å²) in [4.78, 5) is 0. The van der Waals surface area contributed by atoms with Crippen molar-refractivity contribution in [3.63, 3.8) is 0 Å². The topological polar surface area (TPSA) is 35.2 Å². The molecule has 2 aliphatic rings. The van der Waals surface area contributed by atoms with Gasteiger partial charge in [0.2, 0.25) is 0 Å². The molecule has 1 saturated heterocycles. The van der Waals surface area contributed by atoms with Crippen LogP contribution in [-0.4, -0.2) is 29.8 Å². The second kappa shape index (κ2) is 6.82.